The van der Waals surface area contributed by atoms with Crippen LogP contribution in [0.25, 0.3) is 0 Å². The molecular weight excluding hydrogens is 429 g/mol. The number of piperazine rings is 1. The molecule has 11 heteroatoms. The van der Waals surface area contributed by atoms with Gasteiger partial charge in [-0.2, -0.15) is 0 Å². The fraction of sp³-hybridized carbons (Fsp3) is 0.600. The number of nitrogens with zero attached hydrogens (tertiary/aromatic N) is 3. The summed E-state index contributed by atoms with van der Waals surface area (Å²) in [6, 6.07) is 4.41. The van der Waals surface area contributed by atoms with Crippen molar-refractivity contribution in [3.63, 3.8) is 0 Å². The van der Waals surface area contributed by atoms with Crippen LogP contribution < -0.4 is 9.80 Å². The van der Waals surface area contributed by atoms with Crippen LogP contribution in [0.5, 0.6) is 0 Å². The van der Waals surface area contributed by atoms with Gasteiger partial charge in [0, 0.05) is 32.4 Å². The van der Waals surface area contributed by atoms with Crippen molar-refractivity contribution in [2.45, 2.75) is 32.5 Å². The molecule has 0 bridgehead atoms. The van der Waals surface area contributed by atoms with E-state index in [0.717, 1.165) is 6.26 Å². The second-order valence-electron chi connectivity index (χ2n) is 8.80. The lowest BCUT2D eigenvalue weighted by Gasteiger charge is -2.37. The summed E-state index contributed by atoms with van der Waals surface area (Å²) in [7, 11) is -3.31. The van der Waals surface area contributed by atoms with E-state index in [1.165, 1.54) is 11.0 Å². The number of halogens is 1. The maximum Gasteiger partial charge on any atom is 0.414 e. The standard InChI is InChI=1S/C20H28FN3O6S/c1-20(2,3)30-18(25)23-9-7-22(8-10-23)17-6-5-14(11-16(17)21)24-12-15(29-19(24)26)13-31(4,27)28/h5-6,11,15H,7-10,12-13H2,1-4H3/t15-/m1/s1. The van der Waals surface area contributed by atoms with Gasteiger partial charge in [-0.05, 0) is 39.0 Å². The van der Waals surface area contributed by atoms with Crippen molar-refractivity contribution in [2.75, 3.05) is 54.5 Å². The average molecular weight is 458 g/mol. The van der Waals surface area contributed by atoms with E-state index in [4.69, 9.17) is 9.47 Å². The molecule has 3 rings (SSSR count). The third kappa shape index (κ3) is 5.99. The predicted octanol–water partition coefficient (Wildman–Crippen LogP) is 2.25. The van der Waals surface area contributed by atoms with Gasteiger partial charge in [-0.15, -0.1) is 0 Å². The molecule has 2 amide bonds. The van der Waals surface area contributed by atoms with Gasteiger partial charge in [-0.1, -0.05) is 0 Å². The molecule has 1 aromatic rings. The van der Waals surface area contributed by atoms with Gasteiger partial charge in [-0.3, -0.25) is 4.90 Å². The van der Waals surface area contributed by atoms with E-state index in [-0.39, 0.29) is 18.4 Å². The Morgan fingerprint density at radius 2 is 1.87 bits per heavy atom. The number of benzene rings is 1. The number of carbonyl (C=O) groups is 2. The third-order valence-corrected chi connectivity index (χ3v) is 5.85. The minimum atomic E-state index is -3.31. The third-order valence-electron chi connectivity index (χ3n) is 4.88. The van der Waals surface area contributed by atoms with Crippen LogP contribution in [0.1, 0.15) is 20.8 Å². The highest BCUT2D eigenvalue weighted by molar-refractivity contribution is 7.90. The lowest BCUT2D eigenvalue weighted by atomic mass is 10.2. The number of hydrogen-bond acceptors (Lipinski definition) is 7. The van der Waals surface area contributed by atoms with Crippen molar-refractivity contribution < 1.29 is 31.9 Å². The van der Waals surface area contributed by atoms with Crippen LogP contribution in [-0.2, 0) is 19.3 Å². The first kappa shape index (κ1) is 23.1. The van der Waals surface area contributed by atoms with Gasteiger partial charge in [-0.25, -0.2) is 22.4 Å². The molecule has 2 fully saturated rings. The second kappa shape index (κ2) is 8.52. The fourth-order valence-electron chi connectivity index (χ4n) is 3.53. The molecule has 0 aliphatic carbocycles. The summed E-state index contributed by atoms with van der Waals surface area (Å²) in [6.45, 7) is 7.14. The first-order valence-corrected chi connectivity index (χ1v) is 12.1. The number of cyclic esters (lactones) is 1. The lowest BCUT2D eigenvalue weighted by Crippen LogP contribution is -2.50. The van der Waals surface area contributed by atoms with E-state index in [1.807, 2.05) is 4.90 Å². The number of amides is 2. The molecule has 2 saturated heterocycles. The highest BCUT2D eigenvalue weighted by atomic mass is 32.2. The van der Waals surface area contributed by atoms with E-state index >= 15 is 0 Å². The molecule has 1 aromatic carbocycles. The van der Waals surface area contributed by atoms with Crippen molar-refractivity contribution in [1.82, 2.24) is 4.90 Å². The number of anilines is 2. The van der Waals surface area contributed by atoms with E-state index in [9.17, 15) is 22.4 Å². The number of sulfone groups is 1. The molecule has 1 atom stereocenters. The summed E-state index contributed by atoms with van der Waals surface area (Å²) in [5, 5.41) is 0. The molecule has 172 valence electrons. The molecule has 2 heterocycles. The lowest BCUT2D eigenvalue weighted by molar-refractivity contribution is 0.0240. The zero-order valence-corrected chi connectivity index (χ0v) is 18.9. The van der Waals surface area contributed by atoms with Gasteiger partial charge in [0.1, 0.15) is 17.5 Å². The predicted molar refractivity (Wildman–Crippen MR) is 114 cm³/mol. The van der Waals surface area contributed by atoms with E-state index < -0.39 is 33.5 Å². The Bertz CT molecular complexity index is 954. The van der Waals surface area contributed by atoms with Crippen LogP contribution in [0.15, 0.2) is 18.2 Å². The molecule has 9 nitrogen and oxygen atoms in total. The molecule has 2 aliphatic heterocycles. The smallest absolute Gasteiger partial charge is 0.414 e. The van der Waals surface area contributed by atoms with Gasteiger partial charge < -0.3 is 19.3 Å². The van der Waals surface area contributed by atoms with Crippen LogP contribution in [-0.4, -0.2) is 81.9 Å². The maximum absolute atomic E-state index is 14.8. The number of ether oxygens (including phenoxy) is 2. The summed E-state index contributed by atoms with van der Waals surface area (Å²) >= 11 is 0. The Labute approximate surface area is 181 Å². The zero-order chi connectivity index (χ0) is 23.0. The van der Waals surface area contributed by atoms with E-state index in [2.05, 4.69) is 0 Å². The number of rotatable bonds is 4. The molecule has 0 saturated carbocycles. The normalized spacial score (nSPS) is 20.1. The van der Waals surface area contributed by atoms with Crippen LogP contribution in [0.2, 0.25) is 0 Å². The van der Waals surface area contributed by atoms with Crippen molar-refractivity contribution in [2.24, 2.45) is 0 Å². The Balaban J connectivity index is 1.63. The van der Waals surface area contributed by atoms with Crippen LogP contribution >= 0.6 is 0 Å². The van der Waals surface area contributed by atoms with Gasteiger partial charge in [0.15, 0.2) is 9.84 Å². The second-order valence-corrected chi connectivity index (χ2v) is 11.0. The highest BCUT2D eigenvalue weighted by Gasteiger charge is 2.35. The van der Waals surface area contributed by atoms with Crippen molar-refractivity contribution in [3.05, 3.63) is 24.0 Å². The Hall–Kier alpha value is -2.56. The van der Waals surface area contributed by atoms with E-state index in [0.29, 0.717) is 37.6 Å². The molecule has 0 aromatic heterocycles. The molecule has 0 N–H and O–H groups in total. The molecule has 0 spiro atoms. The quantitative estimate of drug-likeness (QED) is 0.684. The minimum absolute atomic E-state index is 0.0409. The van der Waals surface area contributed by atoms with Gasteiger partial charge in [0.05, 0.1) is 23.7 Å². The Morgan fingerprint density at radius 3 is 2.42 bits per heavy atom. The van der Waals surface area contributed by atoms with Crippen LogP contribution in [0.3, 0.4) is 0 Å². The van der Waals surface area contributed by atoms with Gasteiger partial charge >= 0.3 is 12.2 Å². The number of carbonyl (C=O) groups excluding carboxylic acids is 2. The molecule has 2 aliphatic rings. The Morgan fingerprint density at radius 1 is 1.23 bits per heavy atom. The SMILES string of the molecule is CC(C)(C)OC(=O)N1CCN(c2ccc(N3C[C@H](CS(C)(=O)=O)OC3=O)cc2F)CC1. The zero-order valence-electron chi connectivity index (χ0n) is 18.1. The molecule has 0 radical (unpaired) electrons. The van der Waals surface area contributed by atoms with Crippen molar-refractivity contribution in [3.8, 4) is 0 Å². The van der Waals surface area contributed by atoms with E-state index in [1.54, 1.807) is 37.8 Å². The summed E-state index contributed by atoms with van der Waals surface area (Å²) in [6.07, 6.45) is -0.808. The van der Waals surface area contributed by atoms with Crippen LogP contribution in [0, 0.1) is 5.82 Å². The monoisotopic (exact) mass is 457 g/mol. The first-order chi connectivity index (χ1) is 14.3. The van der Waals surface area contributed by atoms with Gasteiger partial charge in [0.25, 0.3) is 0 Å². The molecule has 0 unspecified atom stereocenters. The summed E-state index contributed by atoms with van der Waals surface area (Å²) in [5.74, 6) is -0.792. The van der Waals surface area contributed by atoms with Crippen molar-refractivity contribution in [1.29, 1.82) is 0 Å². The first-order valence-electron chi connectivity index (χ1n) is 10.0. The summed E-state index contributed by atoms with van der Waals surface area (Å²) in [5.41, 5.74) is 0.0928. The topological polar surface area (TPSA) is 96.5 Å². The maximum atomic E-state index is 14.8. The minimum Gasteiger partial charge on any atom is -0.444 e. The van der Waals surface area contributed by atoms with Gasteiger partial charge in [0.2, 0.25) is 0 Å². The largest absolute Gasteiger partial charge is 0.444 e. The summed E-state index contributed by atoms with van der Waals surface area (Å²) < 4.78 is 48.2. The fourth-order valence-corrected chi connectivity index (χ4v) is 4.38. The highest BCUT2D eigenvalue weighted by Crippen LogP contribution is 2.29. The molecular formula is C20H28FN3O6S. The van der Waals surface area contributed by atoms with Crippen molar-refractivity contribution >= 4 is 33.4 Å². The number of hydrogen-bond donors (Lipinski definition) is 0. The molecule has 31 heavy (non-hydrogen) atoms. The average Bonchev–Trinajstić information content (AvgIpc) is 2.98. The van der Waals surface area contributed by atoms with Crippen LogP contribution in [0.4, 0.5) is 25.4 Å². The Kier molecular flexibility index (Phi) is 6.35. The summed E-state index contributed by atoms with van der Waals surface area (Å²) in [4.78, 5) is 28.9.